The highest BCUT2D eigenvalue weighted by molar-refractivity contribution is 5.98. The highest BCUT2D eigenvalue weighted by Crippen LogP contribution is 2.14. The molecule has 7 nitrogen and oxygen atoms in total. The van der Waals surface area contributed by atoms with Crippen LogP contribution in [-0.4, -0.2) is 37.3 Å². The number of carbonyl (C=O) groups is 2. The molecular formula is C28H38N4O3. The quantitative estimate of drug-likeness (QED) is 0.119. The number of nitrogen functional groups attached to an aromatic ring is 1. The van der Waals surface area contributed by atoms with Crippen molar-refractivity contribution in [3.8, 4) is 0 Å². The van der Waals surface area contributed by atoms with Gasteiger partial charge in [0.2, 0.25) is 0 Å². The zero-order chi connectivity index (χ0) is 25.5. The standard InChI is InChI=1S/C28H38N4O3/c1-3-35-21(2)22-11-15-24(16-12-22)27(33)31-19-9-7-5-4-6-8-10-20-32-28(34)25-17-13-23(14-18-25)26(29)30/h11-18H,2-10,19-20H2,1H3,(H3,29,30)(H,31,33)(H,32,34). The van der Waals surface area contributed by atoms with E-state index in [2.05, 4.69) is 17.2 Å². The van der Waals surface area contributed by atoms with Gasteiger partial charge in [0.05, 0.1) is 6.61 Å². The molecule has 0 saturated carbocycles. The summed E-state index contributed by atoms with van der Waals surface area (Å²) in [6.07, 6.45) is 7.49. The maximum absolute atomic E-state index is 12.3. The van der Waals surface area contributed by atoms with Gasteiger partial charge in [0.1, 0.15) is 11.6 Å². The molecule has 2 amide bonds. The van der Waals surface area contributed by atoms with E-state index >= 15 is 0 Å². The van der Waals surface area contributed by atoms with Gasteiger partial charge >= 0.3 is 0 Å². The molecule has 0 atom stereocenters. The van der Waals surface area contributed by atoms with Crippen LogP contribution in [0, 0.1) is 5.41 Å². The van der Waals surface area contributed by atoms with Crippen LogP contribution >= 0.6 is 0 Å². The SMILES string of the molecule is C=C(OCC)c1ccc(C(=O)NCCCCCCCCCNC(=O)c2ccc(C(=N)N)cc2)cc1. The van der Waals surface area contributed by atoms with E-state index in [-0.39, 0.29) is 17.6 Å². The second-order valence-electron chi connectivity index (χ2n) is 8.41. The summed E-state index contributed by atoms with van der Waals surface area (Å²) in [7, 11) is 0. The molecule has 188 valence electrons. The van der Waals surface area contributed by atoms with Crippen molar-refractivity contribution in [2.45, 2.75) is 51.9 Å². The summed E-state index contributed by atoms with van der Waals surface area (Å²) in [5.74, 6) is 0.444. The van der Waals surface area contributed by atoms with Gasteiger partial charge < -0.3 is 21.1 Å². The van der Waals surface area contributed by atoms with E-state index in [4.69, 9.17) is 15.9 Å². The van der Waals surface area contributed by atoms with E-state index in [9.17, 15) is 9.59 Å². The predicted molar refractivity (Wildman–Crippen MR) is 142 cm³/mol. The van der Waals surface area contributed by atoms with E-state index in [1.54, 1.807) is 36.4 Å². The molecular weight excluding hydrogens is 440 g/mol. The third-order valence-electron chi connectivity index (χ3n) is 5.67. The minimum atomic E-state index is -0.103. The number of hydrogen-bond donors (Lipinski definition) is 4. The Morgan fingerprint density at radius 3 is 1.51 bits per heavy atom. The monoisotopic (exact) mass is 478 g/mol. The van der Waals surface area contributed by atoms with E-state index in [0.717, 1.165) is 50.5 Å². The molecule has 5 N–H and O–H groups in total. The van der Waals surface area contributed by atoms with E-state index < -0.39 is 0 Å². The summed E-state index contributed by atoms with van der Waals surface area (Å²) in [5, 5.41) is 13.3. The largest absolute Gasteiger partial charge is 0.494 e. The molecule has 2 aromatic carbocycles. The maximum atomic E-state index is 12.3. The fourth-order valence-corrected chi connectivity index (χ4v) is 3.61. The normalized spacial score (nSPS) is 10.4. The highest BCUT2D eigenvalue weighted by Gasteiger charge is 2.07. The molecule has 2 aromatic rings. The Labute approximate surface area is 208 Å². The number of amidine groups is 1. The van der Waals surface area contributed by atoms with Crippen molar-refractivity contribution in [1.82, 2.24) is 10.6 Å². The number of carbonyl (C=O) groups excluding carboxylic acids is 2. The van der Waals surface area contributed by atoms with Gasteiger partial charge in [-0.05, 0) is 44.0 Å². The fourth-order valence-electron chi connectivity index (χ4n) is 3.61. The van der Waals surface area contributed by atoms with E-state index in [1.807, 2.05) is 19.1 Å². The lowest BCUT2D eigenvalue weighted by atomic mass is 10.1. The third kappa shape index (κ3) is 10.0. The minimum Gasteiger partial charge on any atom is -0.494 e. The molecule has 0 aliphatic rings. The van der Waals surface area contributed by atoms with Gasteiger partial charge in [-0.25, -0.2) is 0 Å². The molecule has 7 heteroatoms. The van der Waals surface area contributed by atoms with Crippen LogP contribution in [0.3, 0.4) is 0 Å². The number of hydrogen-bond acceptors (Lipinski definition) is 4. The molecule has 2 rings (SSSR count). The van der Waals surface area contributed by atoms with Gasteiger partial charge in [-0.3, -0.25) is 15.0 Å². The number of nitrogens with two attached hydrogens (primary N) is 1. The Kier molecular flexibility index (Phi) is 12.1. The van der Waals surface area contributed by atoms with Crippen LogP contribution in [0.25, 0.3) is 5.76 Å². The Morgan fingerprint density at radius 2 is 1.11 bits per heavy atom. The summed E-state index contributed by atoms with van der Waals surface area (Å²) < 4.78 is 5.38. The Hall–Kier alpha value is -3.61. The van der Waals surface area contributed by atoms with Gasteiger partial charge in [0.25, 0.3) is 11.8 Å². The molecule has 0 heterocycles. The maximum Gasteiger partial charge on any atom is 0.251 e. The van der Waals surface area contributed by atoms with Crippen molar-refractivity contribution in [3.05, 3.63) is 77.4 Å². The Balaban J connectivity index is 1.47. The zero-order valence-electron chi connectivity index (χ0n) is 20.7. The molecule has 0 fully saturated rings. The van der Waals surface area contributed by atoms with Crippen LogP contribution < -0.4 is 16.4 Å². The van der Waals surface area contributed by atoms with Crippen molar-refractivity contribution in [1.29, 1.82) is 5.41 Å². The molecule has 0 bridgehead atoms. The first kappa shape index (κ1) is 27.6. The topological polar surface area (TPSA) is 117 Å². The summed E-state index contributed by atoms with van der Waals surface area (Å²) in [6.45, 7) is 7.68. The molecule has 0 aliphatic heterocycles. The highest BCUT2D eigenvalue weighted by atomic mass is 16.5. The predicted octanol–water partition coefficient (Wildman–Crippen LogP) is 4.87. The number of ether oxygens (including phenoxy) is 1. The first-order chi connectivity index (χ1) is 16.9. The van der Waals surface area contributed by atoms with Gasteiger partial charge in [0.15, 0.2) is 0 Å². The smallest absolute Gasteiger partial charge is 0.251 e. The number of unbranched alkanes of at least 4 members (excludes halogenated alkanes) is 6. The fraction of sp³-hybridized carbons (Fsp3) is 0.393. The molecule has 35 heavy (non-hydrogen) atoms. The van der Waals surface area contributed by atoms with Crippen LogP contribution in [0.4, 0.5) is 0 Å². The molecule has 0 aliphatic carbocycles. The number of benzene rings is 2. The molecule has 0 unspecified atom stereocenters. The van der Waals surface area contributed by atoms with Crippen LogP contribution in [0.5, 0.6) is 0 Å². The van der Waals surface area contributed by atoms with Crippen molar-refractivity contribution in [2.75, 3.05) is 19.7 Å². The lowest BCUT2D eigenvalue weighted by Crippen LogP contribution is -2.24. The number of amides is 2. The van der Waals surface area contributed by atoms with Crippen LogP contribution in [0.15, 0.2) is 55.1 Å². The van der Waals surface area contributed by atoms with Gasteiger partial charge in [-0.1, -0.05) is 62.9 Å². The summed E-state index contributed by atoms with van der Waals surface area (Å²) in [6, 6.07) is 14.0. The molecule has 0 spiro atoms. The summed E-state index contributed by atoms with van der Waals surface area (Å²) >= 11 is 0. The van der Waals surface area contributed by atoms with Crippen molar-refractivity contribution in [3.63, 3.8) is 0 Å². The average molecular weight is 479 g/mol. The van der Waals surface area contributed by atoms with Crippen LogP contribution in [0.1, 0.15) is 83.7 Å². The van der Waals surface area contributed by atoms with Crippen molar-refractivity contribution >= 4 is 23.4 Å². The van der Waals surface area contributed by atoms with Crippen molar-refractivity contribution in [2.24, 2.45) is 5.73 Å². The lowest BCUT2D eigenvalue weighted by Gasteiger charge is -2.09. The Morgan fingerprint density at radius 1 is 0.743 bits per heavy atom. The summed E-state index contributed by atoms with van der Waals surface area (Å²) in [4.78, 5) is 24.4. The molecule has 0 aromatic heterocycles. The summed E-state index contributed by atoms with van der Waals surface area (Å²) in [5.41, 5.74) is 8.13. The molecule has 0 saturated heterocycles. The van der Waals surface area contributed by atoms with Crippen molar-refractivity contribution < 1.29 is 14.3 Å². The van der Waals surface area contributed by atoms with Gasteiger partial charge in [-0.15, -0.1) is 0 Å². The minimum absolute atomic E-state index is 0.00606. The first-order valence-electron chi connectivity index (χ1n) is 12.4. The van der Waals surface area contributed by atoms with Crippen LogP contribution in [-0.2, 0) is 4.74 Å². The molecule has 0 radical (unpaired) electrons. The van der Waals surface area contributed by atoms with Crippen LogP contribution in [0.2, 0.25) is 0 Å². The Bertz CT molecular complexity index is 969. The zero-order valence-corrected chi connectivity index (χ0v) is 20.7. The number of nitrogens with one attached hydrogen (secondary N) is 3. The third-order valence-corrected chi connectivity index (χ3v) is 5.67. The van der Waals surface area contributed by atoms with Gasteiger partial charge in [0, 0.05) is 35.3 Å². The van der Waals surface area contributed by atoms with Gasteiger partial charge in [-0.2, -0.15) is 0 Å². The second-order valence-corrected chi connectivity index (χ2v) is 8.41. The number of rotatable bonds is 16. The first-order valence-corrected chi connectivity index (χ1v) is 12.4. The van der Waals surface area contributed by atoms with E-state index in [0.29, 0.717) is 42.1 Å². The lowest BCUT2D eigenvalue weighted by molar-refractivity contribution is 0.0945. The average Bonchev–Trinajstić information content (AvgIpc) is 2.87. The second kappa shape index (κ2) is 15.3. The van der Waals surface area contributed by atoms with E-state index in [1.165, 1.54) is 0 Å².